The molecule has 0 bridgehead atoms. The van der Waals surface area contributed by atoms with Crippen LogP contribution in [0.2, 0.25) is 0 Å². The minimum Gasteiger partial charge on any atom is -0.381 e. The highest BCUT2D eigenvalue weighted by Gasteiger charge is 2.39. The predicted octanol–water partition coefficient (Wildman–Crippen LogP) is 1.64. The van der Waals surface area contributed by atoms with Crippen molar-refractivity contribution in [2.75, 3.05) is 52.5 Å². The van der Waals surface area contributed by atoms with Gasteiger partial charge in [0.15, 0.2) is 5.96 Å². The maximum absolute atomic E-state index is 6.18. The smallest absolute Gasteiger partial charge is 0.188 e. The van der Waals surface area contributed by atoms with E-state index in [1.54, 1.807) is 0 Å². The van der Waals surface area contributed by atoms with Gasteiger partial charge >= 0.3 is 0 Å². The van der Waals surface area contributed by atoms with E-state index < -0.39 is 0 Å². The summed E-state index contributed by atoms with van der Waals surface area (Å²) in [6.45, 7) is 10.4. The molecule has 3 N–H and O–H groups in total. The van der Waals surface area contributed by atoms with Gasteiger partial charge in [-0.2, -0.15) is 0 Å². The lowest BCUT2D eigenvalue weighted by atomic mass is 9.88. The van der Waals surface area contributed by atoms with Gasteiger partial charge in [0.2, 0.25) is 0 Å². The fourth-order valence-electron chi connectivity index (χ4n) is 4.57. The van der Waals surface area contributed by atoms with Gasteiger partial charge in [0, 0.05) is 31.3 Å². The molecule has 3 rings (SSSR count). The number of likely N-dealkylation sites (tertiary alicyclic amines) is 2. The molecule has 0 radical (unpaired) electrons. The molecule has 3 saturated heterocycles. The number of nitrogens with two attached hydrogens (primary N) is 1. The highest BCUT2D eigenvalue weighted by Crippen LogP contribution is 2.31. The second kappa shape index (κ2) is 10.3. The number of hydrogen-bond donors (Lipinski definition) is 2. The molecular weight excluding hydrogens is 429 g/mol. The van der Waals surface area contributed by atoms with Crippen LogP contribution in [0.3, 0.4) is 0 Å². The Morgan fingerprint density at radius 3 is 2.60 bits per heavy atom. The molecule has 0 aromatic carbocycles. The number of rotatable bonds is 6. The lowest BCUT2D eigenvalue weighted by molar-refractivity contribution is -0.0138. The van der Waals surface area contributed by atoms with Gasteiger partial charge in [-0.05, 0) is 64.7 Å². The first-order valence-corrected chi connectivity index (χ1v) is 9.84. The Morgan fingerprint density at radius 1 is 1.20 bits per heavy atom. The molecule has 3 fully saturated rings. The summed E-state index contributed by atoms with van der Waals surface area (Å²) in [5.41, 5.74) is 6.35. The molecule has 0 saturated carbocycles. The summed E-state index contributed by atoms with van der Waals surface area (Å²) in [6, 6.07) is 0.611. The van der Waals surface area contributed by atoms with E-state index in [2.05, 4.69) is 22.0 Å². The highest BCUT2D eigenvalue weighted by atomic mass is 127. The third-order valence-corrected chi connectivity index (χ3v) is 6.17. The lowest BCUT2D eigenvalue weighted by Gasteiger charge is -2.43. The van der Waals surface area contributed by atoms with Crippen molar-refractivity contribution in [2.45, 2.75) is 57.0 Å². The fraction of sp³-hybridized carbons (Fsp3) is 0.944. The van der Waals surface area contributed by atoms with E-state index in [1.807, 2.05) is 0 Å². The van der Waals surface area contributed by atoms with Crippen molar-refractivity contribution in [1.29, 1.82) is 0 Å². The van der Waals surface area contributed by atoms with E-state index >= 15 is 0 Å². The molecule has 0 amide bonds. The zero-order chi connectivity index (χ0) is 16.8. The number of nitrogens with zero attached hydrogens (tertiary/aromatic N) is 3. The van der Waals surface area contributed by atoms with E-state index in [-0.39, 0.29) is 29.5 Å². The number of guanidine groups is 1. The Bertz CT molecular complexity index is 422. The summed E-state index contributed by atoms with van der Waals surface area (Å²) in [6.07, 6.45) is 7.35. The minimum absolute atomic E-state index is 0. The Morgan fingerprint density at radius 2 is 1.92 bits per heavy atom. The van der Waals surface area contributed by atoms with Crippen molar-refractivity contribution >= 4 is 29.9 Å². The first-order valence-electron chi connectivity index (χ1n) is 9.84. The third-order valence-electron chi connectivity index (χ3n) is 6.17. The number of aliphatic imine (C=N–C) groups is 1. The normalized spacial score (nSPS) is 28.0. The van der Waals surface area contributed by atoms with E-state index in [1.165, 1.54) is 45.3 Å². The van der Waals surface area contributed by atoms with Crippen LogP contribution in [0, 0.1) is 0 Å². The second-order valence-corrected chi connectivity index (χ2v) is 7.54. The molecule has 3 aliphatic heterocycles. The zero-order valence-electron chi connectivity index (χ0n) is 15.7. The van der Waals surface area contributed by atoms with Gasteiger partial charge in [-0.15, -0.1) is 24.0 Å². The van der Waals surface area contributed by atoms with Crippen LogP contribution in [-0.4, -0.2) is 79.8 Å². The van der Waals surface area contributed by atoms with Crippen molar-refractivity contribution in [3.05, 3.63) is 0 Å². The molecule has 1 unspecified atom stereocenters. The van der Waals surface area contributed by atoms with E-state index in [0.717, 1.165) is 45.7 Å². The zero-order valence-corrected chi connectivity index (χ0v) is 18.0. The number of hydrogen-bond acceptors (Lipinski definition) is 4. The van der Waals surface area contributed by atoms with Crippen molar-refractivity contribution in [3.8, 4) is 0 Å². The minimum atomic E-state index is 0. The Kier molecular flexibility index (Phi) is 8.71. The van der Waals surface area contributed by atoms with Crippen LogP contribution in [0.4, 0.5) is 0 Å². The van der Waals surface area contributed by atoms with Crippen LogP contribution < -0.4 is 11.1 Å². The molecule has 3 aliphatic rings. The van der Waals surface area contributed by atoms with E-state index in [0.29, 0.717) is 12.0 Å². The summed E-state index contributed by atoms with van der Waals surface area (Å²) in [5.74, 6) is 0.614. The Labute approximate surface area is 169 Å². The van der Waals surface area contributed by atoms with Gasteiger partial charge < -0.3 is 15.8 Å². The van der Waals surface area contributed by atoms with Gasteiger partial charge in [0.1, 0.15) is 0 Å². The molecule has 0 aliphatic carbocycles. The second-order valence-electron chi connectivity index (χ2n) is 7.54. The summed E-state index contributed by atoms with van der Waals surface area (Å²) >= 11 is 0. The molecule has 25 heavy (non-hydrogen) atoms. The third kappa shape index (κ3) is 5.43. The number of halogens is 1. The maximum atomic E-state index is 6.18. The van der Waals surface area contributed by atoms with Crippen molar-refractivity contribution in [1.82, 2.24) is 15.1 Å². The van der Waals surface area contributed by atoms with Gasteiger partial charge in [0.25, 0.3) is 0 Å². The van der Waals surface area contributed by atoms with Gasteiger partial charge in [-0.1, -0.05) is 6.92 Å². The SMILES string of the molecule is CCN1CCCC1CNC(N)=NCC1(N2CCCC2)CCOCC1.I. The number of ether oxygens (including phenoxy) is 1. The largest absolute Gasteiger partial charge is 0.381 e. The van der Waals surface area contributed by atoms with Crippen LogP contribution in [-0.2, 0) is 4.74 Å². The monoisotopic (exact) mass is 465 g/mol. The lowest BCUT2D eigenvalue weighted by Crippen LogP contribution is -2.54. The average Bonchev–Trinajstić information content (AvgIpc) is 3.30. The molecule has 7 heteroatoms. The van der Waals surface area contributed by atoms with E-state index in [9.17, 15) is 0 Å². The fourth-order valence-corrected chi connectivity index (χ4v) is 4.57. The number of nitrogens with one attached hydrogen (secondary N) is 1. The van der Waals surface area contributed by atoms with Crippen LogP contribution in [0.1, 0.15) is 45.4 Å². The highest BCUT2D eigenvalue weighted by molar-refractivity contribution is 14.0. The average molecular weight is 465 g/mol. The van der Waals surface area contributed by atoms with Crippen LogP contribution >= 0.6 is 24.0 Å². The molecule has 0 aromatic heterocycles. The number of likely N-dealkylation sites (N-methyl/N-ethyl adjacent to an activating group) is 1. The van der Waals surface area contributed by atoms with Crippen molar-refractivity contribution < 1.29 is 4.74 Å². The summed E-state index contributed by atoms with van der Waals surface area (Å²) < 4.78 is 5.60. The topological polar surface area (TPSA) is 66.1 Å². The molecule has 1 atom stereocenters. The molecule has 0 spiro atoms. The first kappa shape index (κ1) is 21.2. The first-order chi connectivity index (χ1) is 11.7. The Hall–Kier alpha value is -0.120. The van der Waals surface area contributed by atoms with Gasteiger partial charge in [0.05, 0.1) is 6.54 Å². The molecule has 146 valence electrons. The predicted molar refractivity (Wildman–Crippen MR) is 114 cm³/mol. The van der Waals surface area contributed by atoms with Gasteiger partial charge in [-0.3, -0.25) is 14.8 Å². The standard InChI is InChI=1S/C18H35N5O.HI/c1-2-22-9-5-6-16(22)14-20-17(19)21-15-18(7-12-24-13-8-18)23-10-3-4-11-23;/h16H,2-15H2,1H3,(H3,19,20,21);1H. The summed E-state index contributed by atoms with van der Waals surface area (Å²) in [7, 11) is 0. The molecule has 0 aromatic rings. The van der Waals surface area contributed by atoms with Crippen LogP contribution in [0.25, 0.3) is 0 Å². The quantitative estimate of drug-likeness (QED) is 0.355. The molecule has 6 nitrogen and oxygen atoms in total. The Balaban J connectivity index is 0.00000225. The summed E-state index contributed by atoms with van der Waals surface area (Å²) in [5, 5.41) is 3.37. The molecular formula is C18H36IN5O. The van der Waals surface area contributed by atoms with Gasteiger partial charge in [-0.25, -0.2) is 0 Å². The maximum Gasteiger partial charge on any atom is 0.188 e. The van der Waals surface area contributed by atoms with Crippen LogP contribution in [0.5, 0.6) is 0 Å². The van der Waals surface area contributed by atoms with E-state index in [4.69, 9.17) is 15.5 Å². The van der Waals surface area contributed by atoms with Crippen molar-refractivity contribution in [2.24, 2.45) is 10.7 Å². The van der Waals surface area contributed by atoms with Crippen molar-refractivity contribution in [3.63, 3.8) is 0 Å². The molecule has 3 heterocycles. The van der Waals surface area contributed by atoms with Crippen LogP contribution in [0.15, 0.2) is 4.99 Å². The summed E-state index contributed by atoms with van der Waals surface area (Å²) in [4.78, 5) is 9.92.